The Kier molecular flexibility index (Phi) is 7.41. The summed E-state index contributed by atoms with van der Waals surface area (Å²) in [5.41, 5.74) is 0.819. The molecular formula is C23H18ClFN2O5. The van der Waals surface area contributed by atoms with Gasteiger partial charge in [0.2, 0.25) is 0 Å². The van der Waals surface area contributed by atoms with Crippen LogP contribution in [0.2, 0.25) is 5.02 Å². The number of halogens is 2. The molecule has 0 radical (unpaired) electrons. The van der Waals surface area contributed by atoms with Gasteiger partial charge in [0.15, 0.2) is 6.61 Å². The monoisotopic (exact) mass is 456 g/mol. The van der Waals surface area contributed by atoms with E-state index in [4.69, 9.17) is 21.1 Å². The highest BCUT2D eigenvalue weighted by Gasteiger charge is 2.18. The lowest BCUT2D eigenvalue weighted by Gasteiger charge is -2.11. The number of anilines is 2. The SMILES string of the molecule is COc1ccccc1NC(=O)c1ccc(NC(=O)COC(=O)c2c(F)cccc2Cl)cc1. The summed E-state index contributed by atoms with van der Waals surface area (Å²) in [6, 6.07) is 16.8. The zero-order valence-corrected chi connectivity index (χ0v) is 17.6. The summed E-state index contributed by atoms with van der Waals surface area (Å²) in [5, 5.41) is 5.15. The van der Waals surface area contributed by atoms with Crippen molar-refractivity contribution in [2.45, 2.75) is 0 Å². The second-order valence-electron chi connectivity index (χ2n) is 6.45. The van der Waals surface area contributed by atoms with Crippen LogP contribution in [0.4, 0.5) is 15.8 Å². The molecule has 0 aliphatic carbocycles. The number of benzene rings is 3. The Morgan fingerprint density at radius 2 is 1.66 bits per heavy atom. The van der Waals surface area contributed by atoms with E-state index in [0.29, 0.717) is 22.7 Å². The maximum absolute atomic E-state index is 13.7. The van der Waals surface area contributed by atoms with Gasteiger partial charge in [0, 0.05) is 11.3 Å². The Morgan fingerprint density at radius 3 is 2.34 bits per heavy atom. The van der Waals surface area contributed by atoms with Gasteiger partial charge in [0.05, 0.1) is 17.8 Å². The highest BCUT2D eigenvalue weighted by Crippen LogP contribution is 2.24. The summed E-state index contributed by atoms with van der Waals surface area (Å²) < 4.78 is 23.8. The zero-order valence-electron chi connectivity index (χ0n) is 16.9. The van der Waals surface area contributed by atoms with Crippen molar-refractivity contribution in [3.05, 3.63) is 88.7 Å². The van der Waals surface area contributed by atoms with E-state index < -0.39 is 29.9 Å². The molecule has 3 rings (SSSR count). The second-order valence-corrected chi connectivity index (χ2v) is 6.86. The lowest BCUT2D eigenvalue weighted by Crippen LogP contribution is -2.21. The minimum Gasteiger partial charge on any atom is -0.495 e. The highest BCUT2D eigenvalue weighted by molar-refractivity contribution is 6.33. The predicted molar refractivity (Wildman–Crippen MR) is 118 cm³/mol. The number of rotatable bonds is 7. The molecular weight excluding hydrogens is 439 g/mol. The van der Waals surface area contributed by atoms with Gasteiger partial charge in [-0.1, -0.05) is 29.8 Å². The number of para-hydroxylation sites is 2. The molecule has 0 atom stereocenters. The number of hydrogen-bond acceptors (Lipinski definition) is 5. The van der Waals surface area contributed by atoms with Crippen molar-refractivity contribution in [2.75, 3.05) is 24.4 Å². The van der Waals surface area contributed by atoms with Crippen molar-refractivity contribution in [1.82, 2.24) is 0 Å². The lowest BCUT2D eigenvalue weighted by atomic mass is 10.2. The molecule has 0 aliphatic rings. The Morgan fingerprint density at radius 1 is 0.938 bits per heavy atom. The number of methoxy groups -OCH3 is 1. The van der Waals surface area contributed by atoms with Gasteiger partial charge in [-0.15, -0.1) is 0 Å². The molecule has 164 valence electrons. The fraction of sp³-hybridized carbons (Fsp3) is 0.0870. The van der Waals surface area contributed by atoms with E-state index >= 15 is 0 Å². The average molecular weight is 457 g/mol. The summed E-state index contributed by atoms with van der Waals surface area (Å²) >= 11 is 5.80. The molecule has 9 heteroatoms. The smallest absolute Gasteiger partial charge is 0.343 e. The molecule has 0 unspecified atom stereocenters. The minimum atomic E-state index is -1.05. The van der Waals surface area contributed by atoms with Gasteiger partial charge in [-0.05, 0) is 48.5 Å². The topological polar surface area (TPSA) is 93.7 Å². The summed E-state index contributed by atoms with van der Waals surface area (Å²) in [6.07, 6.45) is 0. The number of ether oxygens (including phenoxy) is 2. The molecule has 0 heterocycles. The maximum Gasteiger partial charge on any atom is 0.343 e. The van der Waals surface area contributed by atoms with Crippen LogP contribution in [0.1, 0.15) is 20.7 Å². The molecule has 7 nitrogen and oxygen atoms in total. The Balaban J connectivity index is 1.55. The molecule has 32 heavy (non-hydrogen) atoms. The highest BCUT2D eigenvalue weighted by atomic mass is 35.5. The summed E-state index contributed by atoms with van der Waals surface area (Å²) in [5.74, 6) is -2.37. The number of carbonyl (C=O) groups excluding carboxylic acids is 3. The third kappa shape index (κ3) is 5.61. The lowest BCUT2D eigenvalue weighted by molar-refractivity contribution is -0.119. The first-order valence-electron chi connectivity index (χ1n) is 9.34. The molecule has 0 aliphatic heterocycles. The first kappa shape index (κ1) is 22.8. The molecule has 0 saturated heterocycles. The molecule has 0 aromatic heterocycles. The molecule has 0 bridgehead atoms. The molecule has 3 aromatic carbocycles. The van der Waals surface area contributed by atoms with E-state index in [1.165, 1.54) is 43.5 Å². The maximum atomic E-state index is 13.7. The predicted octanol–water partition coefficient (Wildman–Crippen LogP) is 4.54. The molecule has 2 N–H and O–H groups in total. The van der Waals surface area contributed by atoms with Crippen LogP contribution in [0.25, 0.3) is 0 Å². The second kappa shape index (κ2) is 10.4. The van der Waals surface area contributed by atoms with Gasteiger partial charge in [-0.3, -0.25) is 9.59 Å². The Bertz CT molecular complexity index is 1130. The molecule has 0 spiro atoms. The van der Waals surface area contributed by atoms with Crippen LogP contribution in [-0.2, 0) is 9.53 Å². The molecule has 2 amide bonds. The Hall–Kier alpha value is -3.91. The number of carbonyl (C=O) groups is 3. The number of hydrogen-bond donors (Lipinski definition) is 2. The van der Waals surface area contributed by atoms with Crippen LogP contribution >= 0.6 is 11.6 Å². The average Bonchev–Trinajstić information content (AvgIpc) is 2.78. The standard InChI is InChI=1S/C23H18ClFN2O5/c1-31-19-8-3-2-7-18(19)27-22(29)14-9-11-15(12-10-14)26-20(28)13-32-23(30)21-16(24)5-4-6-17(21)25/h2-12H,13H2,1H3,(H,26,28)(H,27,29). The third-order valence-corrected chi connectivity index (χ3v) is 4.60. The molecule has 3 aromatic rings. The molecule has 0 saturated carbocycles. The van der Waals surface area contributed by atoms with Gasteiger partial charge < -0.3 is 20.1 Å². The van der Waals surface area contributed by atoms with Crippen molar-refractivity contribution in [3.63, 3.8) is 0 Å². The largest absolute Gasteiger partial charge is 0.495 e. The third-order valence-electron chi connectivity index (χ3n) is 4.29. The Labute approximate surface area is 188 Å². The quantitative estimate of drug-likeness (QED) is 0.509. The fourth-order valence-electron chi connectivity index (χ4n) is 2.74. The van der Waals surface area contributed by atoms with Crippen molar-refractivity contribution >= 4 is 40.8 Å². The van der Waals surface area contributed by atoms with Crippen LogP contribution in [0.5, 0.6) is 5.75 Å². The minimum absolute atomic E-state index is 0.114. The van der Waals surface area contributed by atoms with Gasteiger partial charge in [-0.2, -0.15) is 0 Å². The van der Waals surface area contributed by atoms with E-state index in [-0.39, 0.29) is 10.9 Å². The van der Waals surface area contributed by atoms with E-state index in [1.807, 2.05) is 0 Å². The van der Waals surface area contributed by atoms with Gasteiger partial charge >= 0.3 is 5.97 Å². The normalized spacial score (nSPS) is 10.2. The summed E-state index contributed by atoms with van der Waals surface area (Å²) in [6.45, 7) is -0.639. The van der Waals surface area contributed by atoms with Crippen molar-refractivity contribution < 1.29 is 28.2 Å². The van der Waals surface area contributed by atoms with E-state index in [1.54, 1.807) is 24.3 Å². The molecule has 0 fully saturated rings. The van der Waals surface area contributed by atoms with Crippen molar-refractivity contribution in [3.8, 4) is 5.75 Å². The number of esters is 1. The first-order valence-corrected chi connectivity index (χ1v) is 9.72. The van der Waals surface area contributed by atoms with Crippen LogP contribution in [-0.4, -0.2) is 31.5 Å². The summed E-state index contributed by atoms with van der Waals surface area (Å²) in [4.78, 5) is 36.4. The summed E-state index contributed by atoms with van der Waals surface area (Å²) in [7, 11) is 1.50. The van der Waals surface area contributed by atoms with Crippen LogP contribution < -0.4 is 15.4 Å². The fourth-order valence-corrected chi connectivity index (χ4v) is 2.98. The number of nitrogens with one attached hydrogen (secondary N) is 2. The first-order chi connectivity index (χ1) is 15.4. The van der Waals surface area contributed by atoms with Gasteiger partial charge in [0.1, 0.15) is 17.1 Å². The van der Waals surface area contributed by atoms with E-state index in [9.17, 15) is 18.8 Å². The van der Waals surface area contributed by atoms with Crippen LogP contribution in [0.15, 0.2) is 66.7 Å². The van der Waals surface area contributed by atoms with E-state index in [0.717, 1.165) is 6.07 Å². The van der Waals surface area contributed by atoms with Crippen molar-refractivity contribution in [1.29, 1.82) is 0 Å². The van der Waals surface area contributed by atoms with Gasteiger partial charge in [-0.25, -0.2) is 9.18 Å². The van der Waals surface area contributed by atoms with E-state index in [2.05, 4.69) is 10.6 Å². The zero-order chi connectivity index (χ0) is 23.1. The number of amides is 2. The van der Waals surface area contributed by atoms with Crippen molar-refractivity contribution in [2.24, 2.45) is 0 Å². The van der Waals surface area contributed by atoms with Gasteiger partial charge in [0.25, 0.3) is 11.8 Å². The van der Waals surface area contributed by atoms with Crippen LogP contribution in [0.3, 0.4) is 0 Å². The van der Waals surface area contributed by atoms with Crippen LogP contribution in [0, 0.1) is 5.82 Å².